The van der Waals surface area contributed by atoms with Crippen molar-refractivity contribution in [1.82, 2.24) is 0 Å². The lowest BCUT2D eigenvalue weighted by Crippen LogP contribution is -2.29. The van der Waals surface area contributed by atoms with Gasteiger partial charge in [-0.2, -0.15) is 0 Å². The number of carboxylic acids is 1. The number of carbonyl (C=O) groups is 1. The fourth-order valence-electron chi connectivity index (χ4n) is 2.25. The molecule has 1 N–H and O–H groups in total. The standard InChI is InChI=1S/C18H20O4/c1-12-6-4-7-14(13(12)2)10-17(18(19)20)22-16-9-5-8-15(11-16)21-3/h4-9,11,17H,10H2,1-3H3,(H,19,20). The molecular formula is C18H20O4. The van der Waals surface area contributed by atoms with Crippen LogP contribution in [0, 0.1) is 13.8 Å². The Hall–Kier alpha value is -2.49. The van der Waals surface area contributed by atoms with Crippen LogP contribution < -0.4 is 9.47 Å². The molecule has 0 heterocycles. The molecule has 0 fully saturated rings. The fourth-order valence-corrected chi connectivity index (χ4v) is 2.25. The first-order valence-corrected chi connectivity index (χ1v) is 7.10. The van der Waals surface area contributed by atoms with Gasteiger partial charge in [0.25, 0.3) is 0 Å². The molecule has 116 valence electrons. The van der Waals surface area contributed by atoms with Crippen LogP contribution in [0.2, 0.25) is 0 Å². The second-order valence-corrected chi connectivity index (χ2v) is 5.19. The second-order valence-electron chi connectivity index (χ2n) is 5.19. The van der Waals surface area contributed by atoms with Crippen LogP contribution in [0.1, 0.15) is 16.7 Å². The van der Waals surface area contributed by atoms with Gasteiger partial charge >= 0.3 is 5.97 Å². The summed E-state index contributed by atoms with van der Waals surface area (Å²) in [7, 11) is 1.56. The van der Waals surface area contributed by atoms with Gasteiger partial charge in [0.2, 0.25) is 0 Å². The average molecular weight is 300 g/mol. The van der Waals surface area contributed by atoms with Gasteiger partial charge in [-0.15, -0.1) is 0 Å². The van der Waals surface area contributed by atoms with E-state index in [1.165, 1.54) is 0 Å². The van der Waals surface area contributed by atoms with Crippen LogP contribution in [-0.2, 0) is 11.2 Å². The van der Waals surface area contributed by atoms with E-state index in [0.717, 1.165) is 16.7 Å². The molecule has 4 heteroatoms. The molecule has 0 radical (unpaired) electrons. The van der Waals surface area contributed by atoms with Gasteiger partial charge in [0, 0.05) is 12.5 Å². The molecule has 1 atom stereocenters. The molecule has 0 aliphatic heterocycles. The predicted octanol–water partition coefficient (Wildman–Crippen LogP) is 3.39. The highest BCUT2D eigenvalue weighted by molar-refractivity contribution is 5.73. The number of methoxy groups -OCH3 is 1. The number of carboxylic acid groups (broad SMARTS) is 1. The van der Waals surface area contributed by atoms with E-state index in [1.54, 1.807) is 31.4 Å². The molecule has 1 unspecified atom stereocenters. The number of benzene rings is 2. The van der Waals surface area contributed by atoms with E-state index < -0.39 is 12.1 Å². The molecular weight excluding hydrogens is 280 g/mol. The van der Waals surface area contributed by atoms with Gasteiger partial charge in [-0.25, -0.2) is 4.79 Å². The Labute approximate surface area is 130 Å². The van der Waals surface area contributed by atoms with E-state index in [0.29, 0.717) is 17.9 Å². The Morgan fingerprint density at radius 3 is 2.50 bits per heavy atom. The van der Waals surface area contributed by atoms with E-state index in [9.17, 15) is 9.90 Å². The van der Waals surface area contributed by atoms with Gasteiger partial charge in [0.15, 0.2) is 6.10 Å². The summed E-state index contributed by atoms with van der Waals surface area (Å²) in [5.74, 6) is 0.133. The number of rotatable bonds is 6. The van der Waals surface area contributed by atoms with Crippen LogP contribution in [0.4, 0.5) is 0 Å². The van der Waals surface area contributed by atoms with Crippen molar-refractivity contribution in [3.8, 4) is 11.5 Å². The van der Waals surface area contributed by atoms with Crippen LogP contribution in [0.3, 0.4) is 0 Å². The summed E-state index contributed by atoms with van der Waals surface area (Å²) in [6.07, 6.45) is -0.618. The van der Waals surface area contributed by atoms with Crippen molar-refractivity contribution in [3.63, 3.8) is 0 Å². The molecule has 22 heavy (non-hydrogen) atoms. The van der Waals surface area contributed by atoms with Gasteiger partial charge < -0.3 is 14.6 Å². The van der Waals surface area contributed by atoms with Gasteiger partial charge in [-0.3, -0.25) is 0 Å². The zero-order valence-electron chi connectivity index (χ0n) is 13.0. The highest BCUT2D eigenvalue weighted by Crippen LogP contribution is 2.22. The van der Waals surface area contributed by atoms with E-state index in [1.807, 2.05) is 32.0 Å². The minimum atomic E-state index is -0.983. The first kappa shape index (κ1) is 15.9. The van der Waals surface area contributed by atoms with Crippen molar-refractivity contribution in [3.05, 3.63) is 59.2 Å². The van der Waals surface area contributed by atoms with Gasteiger partial charge in [0.1, 0.15) is 11.5 Å². The number of hydrogen-bond acceptors (Lipinski definition) is 3. The lowest BCUT2D eigenvalue weighted by atomic mass is 9.98. The van der Waals surface area contributed by atoms with Crippen molar-refractivity contribution in [2.45, 2.75) is 26.4 Å². The molecule has 0 saturated heterocycles. The topological polar surface area (TPSA) is 55.8 Å². The lowest BCUT2D eigenvalue weighted by molar-refractivity contribution is -0.145. The quantitative estimate of drug-likeness (QED) is 0.888. The molecule has 0 saturated carbocycles. The van der Waals surface area contributed by atoms with Crippen molar-refractivity contribution >= 4 is 5.97 Å². The van der Waals surface area contributed by atoms with Crippen molar-refractivity contribution in [2.75, 3.05) is 7.11 Å². The maximum atomic E-state index is 11.5. The fraction of sp³-hybridized carbons (Fsp3) is 0.278. The first-order valence-electron chi connectivity index (χ1n) is 7.10. The SMILES string of the molecule is COc1cccc(OC(Cc2cccc(C)c2C)C(=O)O)c1. The number of aryl methyl sites for hydroxylation is 1. The van der Waals surface area contributed by atoms with Gasteiger partial charge in [-0.1, -0.05) is 24.3 Å². The summed E-state index contributed by atoms with van der Waals surface area (Å²) in [5.41, 5.74) is 3.22. The summed E-state index contributed by atoms with van der Waals surface area (Å²) in [6, 6.07) is 12.8. The second kappa shape index (κ2) is 6.98. The Kier molecular flexibility index (Phi) is 5.04. The molecule has 2 aromatic carbocycles. The molecule has 0 aliphatic rings. The number of ether oxygens (including phenoxy) is 2. The molecule has 0 aromatic heterocycles. The minimum Gasteiger partial charge on any atom is -0.497 e. The predicted molar refractivity (Wildman–Crippen MR) is 84.7 cm³/mol. The zero-order valence-corrected chi connectivity index (χ0v) is 13.0. The van der Waals surface area contributed by atoms with E-state index in [2.05, 4.69) is 0 Å². The van der Waals surface area contributed by atoms with Gasteiger partial charge in [0.05, 0.1) is 7.11 Å². The van der Waals surface area contributed by atoms with Crippen molar-refractivity contribution < 1.29 is 19.4 Å². The van der Waals surface area contributed by atoms with E-state index in [4.69, 9.17) is 9.47 Å². The number of hydrogen-bond donors (Lipinski definition) is 1. The molecule has 0 spiro atoms. The van der Waals surface area contributed by atoms with Gasteiger partial charge in [-0.05, 0) is 42.7 Å². The van der Waals surface area contributed by atoms with Crippen molar-refractivity contribution in [2.24, 2.45) is 0 Å². The summed E-state index contributed by atoms with van der Waals surface area (Å²) in [6.45, 7) is 4.01. The first-order chi connectivity index (χ1) is 10.5. The number of aliphatic carboxylic acids is 1. The van der Waals surface area contributed by atoms with Crippen LogP contribution in [-0.4, -0.2) is 24.3 Å². The molecule has 0 aliphatic carbocycles. The molecule has 4 nitrogen and oxygen atoms in total. The average Bonchev–Trinajstić information content (AvgIpc) is 2.51. The third-order valence-corrected chi connectivity index (χ3v) is 3.72. The third kappa shape index (κ3) is 3.79. The highest BCUT2D eigenvalue weighted by atomic mass is 16.5. The van der Waals surface area contributed by atoms with Crippen LogP contribution >= 0.6 is 0 Å². The largest absolute Gasteiger partial charge is 0.497 e. The van der Waals surface area contributed by atoms with Crippen LogP contribution in [0.5, 0.6) is 11.5 Å². The molecule has 2 rings (SSSR count). The minimum absolute atomic E-state index is 0.320. The van der Waals surface area contributed by atoms with Crippen molar-refractivity contribution in [1.29, 1.82) is 0 Å². The third-order valence-electron chi connectivity index (χ3n) is 3.72. The Morgan fingerprint density at radius 1 is 1.14 bits per heavy atom. The van der Waals surface area contributed by atoms with E-state index in [-0.39, 0.29) is 0 Å². The summed E-state index contributed by atoms with van der Waals surface area (Å²) < 4.78 is 10.8. The smallest absolute Gasteiger partial charge is 0.345 e. The van der Waals surface area contributed by atoms with Crippen LogP contribution in [0.25, 0.3) is 0 Å². The monoisotopic (exact) mass is 300 g/mol. The zero-order chi connectivity index (χ0) is 16.1. The maximum Gasteiger partial charge on any atom is 0.345 e. The Balaban J connectivity index is 2.20. The van der Waals surface area contributed by atoms with E-state index >= 15 is 0 Å². The molecule has 0 amide bonds. The highest BCUT2D eigenvalue weighted by Gasteiger charge is 2.21. The van der Waals surface area contributed by atoms with Crippen LogP contribution in [0.15, 0.2) is 42.5 Å². The maximum absolute atomic E-state index is 11.5. The lowest BCUT2D eigenvalue weighted by Gasteiger charge is -2.17. The Bertz CT molecular complexity index is 664. The molecule has 2 aromatic rings. The summed E-state index contributed by atoms with van der Waals surface area (Å²) >= 11 is 0. The summed E-state index contributed by atoms with van der Waals surface area (Å²) in [4.78, 5) is 11.5. The Morgan fingerprint density at radius 2 is 1.82 bits per heavy atom. The normalized spacial score (nSPS) is 11.8. The molecule has 0 bridgehead atoms. The summed E-state index contributed by atoms with van der Waals surface area (Å²) in [5, 5.41) is 9.43.